The molecule has 7 heteroatoms. The lowest BCUT2D eigenvalue weighted by Crippen LogP contribution is -2.09. The number of thioether (sulfide) groups is 1. The molecule has 2 rings (SSSR count). The highest BCUT2D eigenvalue weighted by Crippen LogP contribution is 2.26. The zero-order chi connectivity index (χ0) is 16.8. The molecule has 0 aliphatic heterocycles. The van der Waals surface area contributed by atoms with E-state index in [0.29, 0.717) is 11.7 Å². The number of hydrogen-bond donors (Lipinski definition) is 0. The third kappa shape index (κ3) is 4.13. The maximum atomic E-state index is 11.3. The zero-order valence-corrected chi connectivity index (χ0v) is 14.3. The molecule has 0 aliphatic rings. The Kier molecular flexibility index (Phi) is 5.81. The van der Waals surface area contributed by atoms with E-state index >= 15 is 0 Å². The number of anilines is 1. The lowest BCUT2D eigenvalue weighted by molar-refractivity contribution is -0.137. The second kappa shape index (κ2) is 7.82. The maximum absolute atomic E-state index is 11.3. The van der Waals surface area contributed by atoms with Gasteiger partial charge in [-0.3, -0.25) is 9.36 Å². The molecule has 0 saturated carbocycles. The van der Waals surface area contributed by atoms with Crippen LogP contribution in [0.25, 0.3) is 11.4 Å². The van der Waals surface area contributed by atoms with Gasteiger partial charge in [0.25, 0.3) is 0 Å². The SMILES string of the molecule is C=CCn1c(SCC(=O)OC)nnc1-c1cccc(N(C)C)c1. The zero-order valence-electron chi connectivity index (χ0n) is 13.5. The van der Waals surface area contributed by atoms with E-state index in [1.165, 1.54) is 18.9 Å². The summed E-state index contributed by atoms with van der Waals surface area (Å²) in [5.41, 5.74) is 2.05. The summed E-state index contributed by atoms with van der Waals surface area (Å²) in [6, 6.07) is 8.06. The van der Waals surface area contributed by atoms with Gasteiger partial charge < -0.3 is 9.64 Å². The third-order valence-electron chi connectivity index (χ3n) is 3.20. The fourth-order valence-electron chi connectivity index (χ4n) is 2.01. The van der Waals surface area contributed by atoms with E-state index in [4.69, 9.17) is 0 Å². The Morgan fingerprint density at radius 1 is 1.43 bits per heavy atom. The average Bonchev–Trinajstić information content (AvgIpc) is 2.96. The van der Waals surface area contributed by atoms with E-state index in [0.717, 1.165) is 17.1 Å². The molecule has 2 aromatic rings. The number of ether oxygens (including phenoxy) is 1. The second-order valence-electron chi connectivity index (χ2n) is 5.02. The van der Waals surface area contributed by atoms with Crippen LogP contribution >= 0.6 is 11.8 Å². The van der Waals surface area contributed by atoms with Crippen molar-refractivity contribution >= 4 is 23.4 Å². The summed E-state index contributed by atoms with van der Waals surface area (Å²) < 4.78 is 6.60. The molecule has 0 atom stereocenters. The number of aromatic nitrogens is 3. The van der Waals surface area contributed by atoms with Gasteiger partial charge >= 0.3 is 5.97 Å². The molecule has 1 heterocycles. The van der Waals surface area contributed by atoms with E-state index in [1.54, 1.807) is 6.08 Å². The predicted octanol–water partition coefficient (Wildman–Crippen LogP) is 2.46. The van der Waals surface area contributed by atoms with Crippen LogP contribution in [0.5, 0.6) is 0 Å². The standard InChI is InChI=1S/C16H20N4O2S/c1-5-9-20-15(12-7-6-8-13(10-12)19(2)3)17-18-16(20)23-11-14(21)22-4/h5-8,10H,1,9,11H2,2-4H3. The summed E-state index contributed by atoms with van der Waals surface area (Å²) in [6.45, 7) is 4.35. The Morgan fingerprint density at radius 2 is 2.22 bits per heavy atom. The Hall–Kier alpha value is -2.28. The van der Waals surface area contributed by atoms with E-state index in [1.807, 2.05) is 41.8 Å². The Labute approximate surface area is 140 Å². The fraction of sp³-hybridized carbons (Fsp3) is 0.312. The number of carbonyl (C=O) groups is 1. The quantitative estimate of drug-likeness (QED) is 0.441. The minimum absolute atomic E-state index is 0.198. The van der Waals surface area contributed by atoms with Crippen LogP contribution in [0.1, 0.15) is 0 Å². The first-order valence-corrected chi connectivity index (χ1v) is 8.07. The number of benzene rings is 1. The number of methoxy groups -OCH3 is 1. The molecule has 0 unspecified atom stereocenters. The lowest BCUT2D eigenvalue weighted by Gasteiger charge is -2.14. The summed E-state index contributed by atoms with van der Waals surface area (Å²) in [5.74, 6) is 0.657. The van der Waals surface area contributed by atoms with Gasteiger partial charge in [0.05, 0.1) is 12.9 Å². The lowest BCUT2D eigenvalue weighted by atomic mass is 10.2. The highest BCUT2D eigenvalue weighted by Gasteiger charge is 2.15. The summed E-state index contributed by atoms with van der Waals surface area (Å²) >= 11 is 1.30. The van der Waals surface area contributed by atoms with Gasteiger partial charge in [-0.15, -0.1) is 16.8 Å². The molecule has 0 spiro atoms. The van der Waals surface area contributed by atoms with Gasteiger partial charge in [-0.2, -0.15) is 0 Å². The molecular weight excluding hydrogens is 312 g/mol. The average molecular weight is 332 g/mol. The van der Waals surface area contributed by atoms with Crippen LogP contribution in [0.4, 0.5) is 5.69 Å². The van der Waals surface area contributed by atoms with Crippen molar-refractivity contribution in [3.63, 3.8) is 0 Å². The van der Waals surface area contributed by atoms with Gasteiger partial charge in [0.15, 0.2) is 11.0 Å². The molecule has 6 nitrogen and oxygen atoms in total. The highest BCUT2D eigenvalue weighted by molar-refractivity contribution is 7.99. The molecule has 0 aliphatic carbocycles. The van der Waals surface area contributed by atoms with Crippen LogP contribution in [0.15, 0.2) is 42.1 Å². The van der Waals surface area contributed by atoms with Crippen molar-refractivity contribution in [3.05, 3.63) is 36.9 Å². The number of hydrogen-bond acceptors (Lipinski definition) is 6. The molecule has 23 heavy (non-hydrogen) atoms. The van der Waals surface area contributed by atoms with Crippen molar-refractivity contribution in [2.24, 2.45) is 0 Å². The molecule has 0 fully saturated rings. The van der Waals surface area contributed by atoms with Gasteiger partial charge in [0.2, 0.25) is 0 Å². The van der Waals surface area contributed by atoms with E-state index < -0.39 is 0 Å². The molecule has 0 radical (unpaired) electrons. The highest BCUT2D eigenvalue weighted by atomic mass is 32.2. The number of allylic oxidation sites excluding steroid dienone is 1. The monoisotopic (exact) mass is 332 g/mol. The van der Waals surface area contributed by atoms with Crippen molar-refractivity contribution in [1.29, 1.82) is 0 Å². The summed E-state index contributed by atoms with van der Waals surface area (Å²) in [6.07, 6.45) is 1.78. The first kappa shape index (κ1) is 17.1. The van der Waals surface area contributed by atoms with Gasteiger partial charge in [-0.05, 0) is 12.1 Å². The Balaban J connectivity index is 2.35. The molecule has 1 aromatic carbocycles. The van der Waals surface area contributed by atoms with Gasteiger partial charge in [-0.1, -0.05) is 30.0 Å². The van der Waals surface area contributed by atoms with Crippen molar-refractivity contribution in [2.75, 3.05) is 31.9 Å². The van der Waals surface area contributed by atoms with Gasteiger partial charge in [0.1, 0.15) is 0 Å². The van der Waals surface area contributed by atoms with Crippen LogP contribution in [0, 0.1) is 0 Å². The molecule has 0 amide bonds. The van der Waals surface area contributed by atoms with Crippen LogP contribution in [-0.4, -0.2) is 47.7 Å². The van der Waals surface area contributed by atoms with Crippen LogP contribution in [0.3, 0.4) is 0 Å². The minimum atomic E-state index is -0.292. The first-order chi connectivity index (χ1) is 11.1. The largest absolute Gasteiger partial charge is 0.468 e. The van der Waals surface area contributed by atoms with E-state index in [2.05, 4.69) is 27.6 Å². The third-order valence-corrected chi connectivity index (χ3v) is 4.14. The summed E-state index contributed by atoms with van der Waals surface area (Å²) in [7, 11) is 5.35. The molecular formula is C16H20N4O2S. The fourth-order valence-corrected chi connectivity index (χ4v) is 2.79. The molecule has 122 valence electrons. The van der Waals surface area contributed by atoms with Crippen LogP contribution in [0.2, 0.25) is 0 Å². The normalized spacial score (nSPS) is 10.4. The minimum Gasteiger partial charge on any atom is -0.468 e. The topological polar surface area (TPSA) is 60.3 Å². The second-order valence-corrected chi connectivity index (χ2v) is 5.96. The molecule has 0 N–H and O–H groups in total. The Bertz CT molecular complexity index is 697. The van der Waals surface area contributed by atoms with Gasteiger partial charge in [0, 0.05) is 31.9 Å². The van der Waals surface area contributed by atoms with E-state index in [-0.39, 0.29) is 11.7 Å². The summed E-state index contributed by atoms with van der Waals surface area (Å²) in [4.78, 5) is 13.4. The number of nitrogens with zero attached hydrogens (tertiary/aromatic N) is 4. The first-order valence-electron chi connectivity index (χ1n) is 7.08. The number of rotatable bonds is 7. The van der Waals surface area contributed by atoms with Crippen molar-refractivity contribution < 1.29 is 9.53 Å². The molecule has 1 aromatic heterocycles. The smallest absolute Gasteiger partial charge is 0.316 e. The molecule has 0 saturated heterocycles. The van der Waals surface area contributed by atoms with Crippen LogP contribution < -0.4 is 4.90 Å². The number of esters is 1. The van der Waals surface area contributed by atoms with Crippen molar-refractivity contribution in [1.82, 2.24) is 14.8 Å². The number of carbonyl (C=O) groups excluding carboxylic acids is 1. The summed E-state index contributed by atoms with van der Waals surface area (Å²) in [5, 5.41) is 9.15. The van der Waals surface area contributed by atoms with E-state index in [9.17, 15) is 4.79 Å². The maximum Gasteiger partial charge on any atom is 0.316 e. The van der Waals surface area contributed by atoms with Crippen molar-refractivity contribution in [3.8, 4) is 11.4 Å². The van der Waals surface area contributed by atoms with Gasteiger partial charge in [-0.25, -0.2) is 0 Å². The van der Waals surface area contributed by atoms with Crippen molar-refractivity contribution in [2.45, 2.75) is 11.7 Å². The Morgan fingerprint density at radius 3 is 2.87 bits per heavy atom. The predicted molar refractivity (Wildman–Crippen MR) is 92.7 cm³/mol. The molecule has 0 bridgehead atoms. The van der Waals surface area contributed by atoms with Crippen LogP contribution in [-0.2, 0) is 16.1 Å².